The van der Waals surface area contributed by atoms with E-state index in [9.17, 15) is 9.59 Å². The quantitative estimate of drug-likeness (QED) is 0.732. The number of nitrogens with one attached hydrogen (secondary N) is 1. The summed E-state index contributed by atoms with van der Waals surface area (Å²) < 4.78 is 0. The monoisotopic (exact) mass is 213 g/mol. The van der Waals surface area contributed by atoms with Gasteiger partial charge in [0.1, 0.15) is 0 Å². The van der Waals surface area contributed by atoms with Crippen LogP contribution in [-0.4, -0.2) is 17.7 Å². The molecule has 0 saturated heterocycles. The third-order valence-corrected chi connectivity index (χ3v) is 2.51. The molecule has 15 heavy (non-hydrogen) atoms. The molecule has 0 aliphatic heterocycles. The van der Waals surface area contributed by atoms with Crippen LogP contribution in [0.15, 0.2) is 0 Å². The maximum Gasteiger partial charge on any atom is 0.287 e. The number of hydrogen-bond donors (Lipinski definition) is 1. The summed E-state index contributed by atoms with van der Waals surface area (Å²) in [5.74, 6) is -0.694. The second-order valence-corrected chi connectivity index (χ2v) is 3.59. The molecule has 0 aromatic rings. The van der Waals surface area contributed by atoms with Gasteiger partial charge >= 0.3 is 0 Å². The Bertz CT molecular complexity index is 196. The van der Waals surface area contributed by atoms with Crippen LogP contribution in [0.2, 0.25) is 0 Å². The van der Waals surface area contributed by atoms with Gasteiger partial charge in [-0.05, 0) is 12.8 Å². The molecule has 0 unspecified atom stereocenters. The fourth-order valence-corrected chi connectivity index (χ4v) is 1.67. The minimum Gasteiger partial charge on any atom is -0.347 e. The lowest BCUT2D eigenvalue weighted by Crippen LogP contribution is -2.40. The summed E-state index contributed by atoms with van der Waals surface area (Å²) in [7, 11) is 0. The van der Waals surface area contributed by atoms with Gasteiger partial charge < -0.3 is 5.32 Å². The van der Waals surface area contributed by atoms with Crippen molar-refractivity contribution in [3.05, 3.63) is 0 Å². The van der Waals surface area contributed by atoms with Gasteiger partial charge in [0.2, 0.25) is 5.78 Å². The highest BCUT2D eigenvalue weighted by Crippen LogP contribution is 2.17. The zero-order valence-electron chi connectivity index (χ0n) is 10.1. The van der Waals surface area contributed by atoms with E-state index in [0.717, 1.165) is 12.8 Å². The van der Waals surface area contributed by atoms with E-state index in [-0.39, 0.29) is 11.8 Å². The molecule has 0 aromatic heterocycles. The lowest BCUT2D eigenvalue weighted by molar-refractivity contribution is -0.138. The summed E-state index contributed by atoms with van der Waals surface area (Å²) >= 11 is 0. The Balaban J connectivity index is 0.000000921. The maximum atomic E-state index is 11.2. The van der Waals surface area contributed by atoms with E-state index in [1.165, 1.54) is 19.3 Å². The van der Waals surface area contributed by atoms with Crippen LogP contribution < -0.4 is 5.32 Å². The van der Waals surface area contributed by atoms with Crippen LogP contribution in [0.25, 0.3) is 0 Å². The summed E-state index contributed by atoms with van der Waals surface area (Å²) in [5.41, 5.74) is 0. The van der Waals surface area contributed by atoms with Gasteiger partial charge in [-0.1, -0.05) is 40.0 Å². The lowest BCUT2D eigenvalue weighted by atomic mass is 9.95. The molecule has 88 valence electrons. The Labute approximate surface area is 92.6 Å². The van der Waals surface area contributed by atoms with Gasteiger partial charge in [-0.25, -0.2) is 0 Å². The molecule has 0 bridgehead atoms. The van der Waals surface area contributed by atoms with E-state index >= 15 is 0 Å². The van der Waals surface area contributed by atoms with Crippen LogP contribution in [0.4, 0.5) is 0 Å². The smallest absolute Gasteiger partial charge is 0.287 e. The number of Topliss-reactive ketones (excluding diaryl/α,β-unsaturated/α-hetero) is 1. The SMILES string of the molecule is CC.CCC(=O)C(=O)NC1CCCCC1. The Morgan fingerprint density at radius 1 is 1.13 bits per heavy atom. The molecule has 0 atom stereocenters. The van der Waals surface area contributed by atoms with E-state index < -0.39 is 5.91 Å². The van der Waals surface area contributed by atoms with E-state index in [1.807, 2.05) is 13.8 Å². The molecular weight excluding hydrogens is 190 g/mol. The number of carbonyl (C=O) groups is 2. The van der Waals surface area contributed by atoms with Crippen LogP contribution in [0.5, 0.6) is 0 Å². The van der Waals surface area contributed by atoms with Crippen molar-refractivity contribution < 1.29 is 9.59 Å². The fraction of sp³-hybridized carbons (Fsp3) is 0.833. The minimum atomic E-state index is -0.394. The average molecular weight is 213 g/mol. The van der Waals surface area contributed by atoms with Crippen molar-refractivity contribution in [2.75, 3.05) is 0 Å². The molecule has 0 heterocycles. The largest absolute Gasteiger partial charge is 0.347 e. The van der Waals surface area contributed by atoms with E-state index in [0.29, 0.717) is 6.42 Å². The summed E-state index contributed by atoms with van der Waals surface area (Å²) in [5, 5.41) is 2.78. The van der Waals surface area contributed by atoms with E-state index in [1.54, 1.807) is 6.92 Å². The Kier molecular flexibility index (Phi) is 7.96. The van der Waals surface area contributed by atoms with Gasteiger partial charge in [-0.3, -0.25) is 9.59 Å². The van der Waals surface area contributed by atoms with Gasteiger partial charge in [0, 0.05) is 12.5 Å². The fourth-order valence-electron chi connectivity index (χ4n) is 1.67. The second-order valence-electron chi connectivity index (χ2n) is 3.59. The second kappa shape index (κ2) is 8.45. The average Bonchev–Trinajstić information content (AvgIpc) is 2.32. The van der Waals surface area contributed by atoms with Crippen LogP contribution >= 0.6 is 0 Å². The minimum absolute atomic E-state index is 0.247. The number of hydrogen-bond acceptors (Lipinski definition) is 2. The first-order valence-electron chi connectivity index (χ1n) is 6.07. The van der Waals surface area contributed by atoms with Crippen molar-refractivity contribution in [2.24, 2.45) is 0 Å². The summed E-state index contributed by atoms with van der Waals surface area (Å²) in [6.07, 6.45) is 5.97. The molecule has 1 aliphatic rings. The molecule has 1 N–H and O–H groups in total. The first-order chi connectivity index (χ1) is 7.24. The number of rotatable bonds is 3. The van der Waals surface area contributed by atoms with Gasteiger partial charge in [-0.2, -0.15) is 0 Å². The molecule has 3 nitrogen and oxygen atoms in total. The van der Waals surface area contributed by atoms with Crippen molar-refractivity contribution in [3.63, 3.8) is 0 Å². The molecule has 0 spiro atoms. The topological polar surface area (TPSA) is 46.2 Å². The molecule has 1 fully saturated rings. The Hall–Kier alpha value is -0.860. The van der Waals surface area contributed by atoms with Crippen molar-refractivity contribution in [3.8, 4) is 0 Å². The Morgan fingerprint density at radius 2 is 1.67 bits per heavy atom. The van der Waals surface area contributed by atoms with Crippen molar-refractivity contribution in [1.29, 1.82) is 0 Å². The van der Waals surface area contributed by atoms with Crippen LogP contribution in [0.3, 0.4) is 0 Å². The van der Waals surface area contributed by atoms with Crippen LogP contribution in [-0.2, 0) is 9.59 Å². The molecular formula is C12H23NO2. The zero-order valence-corrected chi connectivity index (χ0v) is 10.1. The molecule has 1 rings (SSSR count). The number of carbonyl (C=O) groups excluding carboxylic acids is 2. The molecule has 0 aromatic carbocycles. The van der Waals surface area contributed by atoms with Gasteiger partial charge in [0.25, 0.3) is 5.91 Å². The summed E-state index contributed by atoms with van der Waals surface area (Å²) in [4.78, 5) is 22.2. The Morgan fingerprint density at radius 3 is 2.13 bits per heavy atom. The normalized spacial score (nSPS) is 16.2. The predicted octanol–water partition coefficient (Wildman–Crippen LogP) is 2.44. The molecule has 3 heteroatoms. The van der Waals surface area contributed by atoms with Crippen LogP contribution in [0, 0.1) is 0 Å². The van der Waals surface area contributed by atoms with Crippen molar-refractivity contribution >= 4 is 11.7 Å². The first kappa shape index (κ1) is 14.1. The number of ketones is 1. The van der Waals surface area contributed by atoms with Crippen molar-refractivity contribution in [1.82, 2.24) is 5.32 Å². The third kappa shape index (κ3) is 5.55. The van der Waals surface area contributed by atoms with E-state index in [2.05, 4.69) is 5.32 Å². The molecule has 1 saturated carbocycles. The molecule has 0 radical (unpaired) electrons. The highest BCUT2D eigenvalue weighted by atomic mass is 16.2. The maximum absolute atomic E-state index is 11.2. The molecule has 1 aliphatic carbocycles. The standard InChI is InChI=1S/C10H17NO2.C2H6/c1-2-9(12)10(13)11-8-6-4-3-5-7-8;1-2/h8H,2-7H2,1H3,(H,11,13);1-2H3. The molecule has 1 amide bonds. The summed E-state index contributed by atoms with van der Waals surface area (Å²) in [6, 6.07) is 0.247. The summed E-state index contributed by atoms with van der Waals surface area (Å²) in [6.45, 7) is 5.71. The van der Waals surface area contributed by atoms with Crippen LogP contribution in [0.1, 0.15) is 59.3 Å². The van der Waals surface area contributed by atoms with Gasteiger partial charge in [0.15, 0.2) is 0 Å². The first-order valence-corrected chi connectivity index (χ1v) is 6.07. The van der Waals surface area contributed by atoms with Crippen molar-refractivity contribution in [2.45, 2.75) is 65.3 Å². The van der Waals surface area contributed by atoms with Gasteiger partial charge in [0.05, 0.1) is 0 Å². The highest BCUT2D eigenvalue weighted by molar-refractivity contribution is 6.36. The predicted molar refractivity (Wildman–Crippen MR) is 61.7 cm³/mol. The van der Waals surface area contributed by atoms with E-state index in [4.69, 9.17) is 0 Å². The number of amides is 1. The van der Waals surface area contributed by atoms with Gasteiger partial charge in [-0.15, -0.1) is 0 Å². The zero-order chi connectivity index (χ0) is 11.7. The lowest BCUT2D eigenvalue weighted by Gasteiger charge is -2.22. The highest BCUT2D eigenvalue weighted by Gasteiger charge is 2.18. The third-order valence-electron chi connectivity index (χ3n) is 2.51.